The van der Waals surface area contributed by atoms with E-state index in [0.29, 0.717) is 30.3 Å². The van der Waals surface area contributed by atoms with Crippen LogP contribution in [0.1, 0.15) is 34.8 Å². The van der Waals surface area contributed by atoms with E-state index in [1.54, 1.807) is 28.9 Å². The molecule has 0 saturated carbocycles. The van der Waals surface area contributed by atoms with Crippen molar-refractivity contribution in [2.75, 3.05) is 11.9 Å². The Bertz CT molecular complexity index is 987. The van der Waals surface area contributed by atoms with E-state index in [0.717, 1.165) is 5.56 Å². The van der Waals surface area contributed by atoms with E-state index in [2.05, 4.69) is 15.6 Å². The highest BCUT2D eigenvalue weighted by molar-refractivity contribution is 6.04. The zero-order valence-electron chi connectivity index (χ0n) is 15.3. The Hall–Kier alpha value is -3.26. The number of para-hydroxylation sites is 2. The molecule has 28 heavy (non-hydrogen) atoms. The number of hydrogen-bond donors (Lipinski definition) is 1. The number of anilines is 1. The lowest BCUT2D eigenvalue weighted by molar-refractivity contribution is -0.00174. The molecule has 0 radical (unpaired) electrons. The van der Waals surface area contributed by atoms with Crippen molar-refractivity contribution in [2.45, 2.75) is 26.2 Å². The quantitative estimate of drug-likeness (QED) is 0.732. The van der Waals surface area contributed by atoms with Crippen molar-refractivity contribution in [3.05, 3.63) is 71.3 Å². The van der Waals surface area contributed by atoms with Gasteiger partial charge in [0.15, 0.2) is 5.69 Å². The summed E-state index contributed by atoms with van der Waals surface area (Å²) in [4.78, 5) is 12.7. The summed E-state index contributed by atoms with van der Waals surface area (Å²) in [5.74, 6) is -0.0865. The minimum Gasteiger partial charge on any atom is -0.492 e. The smallest absolute Gasteiger partial charge is 0.278 e. The monoisotopic (exact) mass is 382 g/mol. The Balaban J connectivity index is 1.51. The Morgan fingerprint density at radius 3 is 2.86 bits per heavy atom. The second-order valence-electron chi connectivity index (χ2n) is 6.30. The van der Waals surface area contributed by atoms with Gasteiger partial charge in [0.1, 0.15) is 17.7 Å². The highest BCUT2D eigenvalue weighted by atomic mass is 19.1. The van der Waals surface area contributed by atoms with Gasteiger partial charge in [-0.25, -0.2) is 9.07 Å². The van der Waals surface area contributed by atoms with Crippen LogP contribution >= 0.6 is 0 Å². The van der Waals surface area contributed by atoms with E-state index in [-0.39, 0.29) is 30.1 Å². The second-order valence-corrected chi connectivity index (χ2v) is 6.30. The molecule has 0 fully saturated rings. The van der Waals surface area contributed by atoms with Crippen molar-refractivity contribution in [2.24, 2.45) is 0 Å². The van der Waals surface area contributed by atoms with Crippen LogP contribution in [0.15, 0.2) is 48.5 Å². The maximum Gasteiger partial charge on any atom is 0.278 e. The van der Waals surface area contributed by atoms with Gasteiger partial charge in [0.05, 0.1) is 31.1 Å². The molecule has 0 unspecified atom stereocenters. The fourth-order valence-corrected chi connectivity index (χ4v) is 3.10. The predicted octanol–water partition coefficient (Wildman–Crippen LogP) is 3.34. The molecule has 1 amide bonds. The van der Waals surface area contributed by atoms with Crippen molar-refractivity contribution in [3.63, 3.8) is 0 Å². The SMILES string of the molecule is CCOc1ccccc1NC(=O)c1nnn2c1CO[C@@H](c1ccc(F)cc1)C2. The van der Waals surface area contributed by atoms with Gasteiger partial charge in [-0.1, -0.05) is 29.5 Å². The van der Waals surface area contributed by atoms with Crippen LogP contribution in [0.5, 0.6) is 5.75 Å². The Morgan fingerprint density at radius 2 is 2.07 bits per heavy atom. The van der Waals surface area contributed by atoms with Crippen LogP contribution in [0.4, 0.5) is 10.1 Å². The number of aromatic nitrogens is 3. The van der Waals surface area contributed by atoms with Gasteiger partial charge in [-0.15, -0.1) is 5.10 Å². The van der Waals surface area contributed by atoms with Gasteiger partial charge in [0.2, 0.25) is 0 Å². The topological polar surface area (TPSA) is 78.3 Å². The molecule has 8 heteroatoms. The van der Waals surface area contributed by atoms with Crippen LogP contribution in [-0.4, -0.2) is 27.5 Å². The standard InChI is InChI=1S/C20H19FN4O3/c1-2-27-17-6-4-3-5-15(17)22-20(26)19-16-12-28-18(11-25(16)24-23-19)13-7-9-14(21)10-8-13/h3-10,18H,2,11-12H2,1H3,(H,22,26)/t18-/m1/s1. The number of rotatable bonds is 5. The molecule has 0 bridgehead atoms. The molecule has 1 aliphatic heterocycles. The lowest BCUT2D eigenvalue weighted by Crippen LogP contribution is -2.24. The summed E-state index contributed by atoms with van der Waals surface area (Å²) in [7, 11) is 0. The van der Waals surface area contributed by atoms with E-state index in [4.69, 9.17) is 9.47 Å². The first-order chi connectivity index (χ1) is 13.7. The van der Waals surface area contributed by atoms with Crippen LogP contribution in [0.25, 0.3) is 0 Å². The first-order valence-electron chi connectivity index (χ1n) is 8.98. The van der Waals surface area contributed by atoms with Gasteiger partial charge in [-0.3, -0.25) is 4.79 Å². The molecular formula is C20H19FN4O3. The molecule has 0 saturated heterocycles. The summed E-state index contributed by atoms with van der Waals surface area (Å²) in [5.41, 5.74) is 2.23. The van der Waals surface area contributed by atoms with E-state index >= 15 is 0 Å². The largest absolute Gasteiger partial charge is 0.492 e. The molecule has 2 heterocycles. The number of nitrogens with zero attached hydrogens (tertiary/aromatic N) is 3. The Kier molecular flexibility index (Phi) is 5.03. The molecule has 1 atom stereocenters. The summed E-state index contributed by atoms with van der Waals surface area (Å²) < 4.78 is 26.2. The van der Waals surface area contributed by atoms with Crippen LogP contribution < -0.4 is 10.1 Å². The second kappa shape index (κ2) is 7.77. The zero-order chi connectivity index (χ0) is 19.5. The van der Waals surface area contributed by atoms with Crippen molar-refractivity contribution in [1.29, 1.82) is 0 Å². The average molecular weight is 382 g/mol. The number of nitrogens with one attached hydrogen (secondary N) is 1. The number of ether oxygens (including phenoxy) is 2. The number of benzene rings is 2. The molecule has 7 nitrogen and oxygen atoms in total. The van der Waals surface area contributed by atoms with E-state index in [1.165, 1.54) is 12.1 Å². The maximum absolute atomic E-state index is 13.1. The number of fused-ring (bicyclic) bond motifs is 1. The molecule has 0 spiro atoms. The van der Waals surface area contributed by atoms with Crippen molar-refractivity contribution < 1.29 is 18.7 Å². The molecule has 1 aliphatic rings. The van der Waals surface area contributed by atoms with Gasteiger partial charge in [0, 0.05) is 0 Å². The number of halogens is 1. The molecule has 3 aromatic rings. The molecular weight excluding hydrogens is 363 g/mol. The zero-order valence-corrected chi connectivity index (χ0v) is 15.3. The highest BCUT2D eigenvalue weighted by Gasteiger charge is 2.28. The van der Waals surface area contributed by atoms with Crippen molar-refractivity contribution in [3.8, 4) is 5.75 Å². The number of amides is 1. The third-order valence-electron chi connectivity index (χ3n) is 4.49. The van der Waals surface area contributed by atoms with E-state index < -0.39 is 0 Å². The normalized spacial score (nSPS) is 15.7. The molecule has 144 valence electrons. The first kappa shape index (κ1) is 18.1. The number of carbonyl (C=O) groups excluding carboxylic acids is 1. The van der Waals surface area contributed by atoms with Gasteiger partial charge in [-0.2, -0.15) is 0 Å². The van der Waals surface area contributed by atoms with E-state index in [1.807, 2.05) is 19.1 Å². The Morgan fingerprint density at radius 1 is 1.29 bits per heavy atom. The maximum atomic E-state index is 13.1. The fraction of sp³-hybridized carbons (Fsp3) is 0.250. The molecule has 0 aliphatic carbocycles. The molecule has 4 rings (SSSR count). The van der Waals surface area contributed by atoms with Crippen LogP contribution in [0.3, 0.4) is 0 Å². The van der Waals surface area contributed by atoms with Crippen LogP contribution in [-0.2, 0) is 17.9 Å². The summed E-state index contributed by atoms with van der Waals surface area (Å²) in [6.07, 6.45) is -0.274. The fourth-order valence-electron chi connectivity index (χ4n) is 3.10. The van der Waals surface area contributed by atoms with Gasteiger partial charge < -0.3 is 14.8 Å². The van der Waals surface area contributed by atoms with Gasteiger partial charge >= 0.3 is 0 Å². The molecule has 2 aromatic carbocycles. The summed E-state index contributed by atoms with van der Waals surface area (Å²) in [5, 5.41) is 10.9. The minimum absolute atomic E-state index is 0.185. The predicted molar refractivity (Wildman–Crippen MR) is 99.5 cm³/mol. The summed E-state index contributed by atoms with van der Waals surface area (Å²) in [6.45, 7) is 2.96. The van der Waals surface area contributed by atoms with Crippen LogP contribution in [0.2, 0.25) is 0 Å². The van der Waals surface area contributed by atoms with Crippen LogP contribution in [0, 0.1) is 5.82 Å². The number of hydrogen-bond acceptors (Lipinski definition) is 5. The number of carbonyl (C=O) groups is 1. The lowest BCUT2D eigenvalue weighted by Gasteiger charge is -2.24. The van der Waals surface area contributed by atoms with E-state index in [9.17, 15) is 9.18 Å². The summed E-state index contributed by atoms with van der Waals surface area (Å²) in [6, 6.07) is 13.4. The van der Waals surface area contributed by atoms with Gasteiger partial charge in [-0.05, 0) is 36.8 Å². The van der Waals surface area contributed by atoms with Crippen molar-refractivity contribution in [1.82, 2.24) is 15.0 Å². The minimum atomic E-state index is -0.378. The highest BCUT2D eigenvalue weighted by Crippen LogP contribution is 2.28. The molecule has 1 N–H and O–H groups in total. The first-order valence-corrected chi connectivity index (χ1v) is 8.98. The molecule has 1 aromatic heterocycles. The lowest BCUT2D eigenvalue weighted by atomic mass is 10.1. The third-order valence-corrected chi connectivity index (χ3v) is 4.49. The summed E-state index contributed by atoms with van der Waals surface area (Å²) >= 11 is 0. The third kappa shape index (κ3) is 3.59. The Labute approximate surface area is 161 Å². The average Bonchev–Trinajstić information content (AvgIpc) is 3.13. The van der Waals surface area contributed by atoms with Gasteiger partial charge in [0.25, 0.3) is 5.91 Å². The van der Waals surface area contributed by atoms with Crippen molar-refractivity contribution >= 4 is 11.6 Å².